The predicted octanol–water partition coefficient (Wildman–Crippen LogP) is 3.38. The van der Waals surface area contributed by atoms with Crippen molar-refractivity contribution in [3.63, 3.8) is 0 Å². The van der Waals surface area contributed by atoms with Gasteiger partial charge in [0.25, 0.3) is 0 Å². The van der Waals surface area contributed by atoms with Crippen LogP contribution in [0.1, 0.15) is 0 Å². The van der Waals surface area contributed by atoms with Crippen LogP contribution < -0.4 is 0 Å². The SMILES string of the molecule is F[P-](F)(F)(F)(F)F.[Ru]. The van der Waals surface area contributed by atoms with Gasteiger partial charge in [0.15, 0.2) is 0 Å². The largest absolute Gasteiger partial charge is 0 e. The molecule has 0 aromatic carbocycles. The van der Waals surface area contributed by atoms with Crippen LogP contribution in [0.5, 0.6) is 0 Å². The molecule has 0 unspecified atom stereocenters. The summed E-state index contributed by atoms with van der Waals surface area (Å²) >= 11 is 0. The summed E-state index contributed by atoms with van der Waals surface area (Å²) in [5.74, 6) is 0. The zero-order valence-electron chi connectivity index (χ0n) is 3.07. The second kappa shape index (κ2) is 1.37. The van der Waals surface area contributed by atoms with Gasteiger partial charge in [-0.1, -0.05) is 0 Å². The molecule has 0 nitrogen and oxygen atoms in total. The molecule has 0 saturated heterocycles. The molecule has 0 radical (unpaired) electrons. The minimum absolute atomic E-state index is 0. The molecular weight excluding hydrogens is 246 g/mol. The summed E-state index contributed by atoms with van der Waals surface area (Å²) in [5.41, 5.74) is 0. The number of rotatable bonds is 0. The number of hydrogen-bond acceptors (Lipinski definition) is 0. The predicted molar refractivity (Wildman–Crippen MR) is 13.6 cm³/mol. The second-order valence-electron chi connectivity index (χ2n) is 0.958. The Morgan fingerprint density at radius 1 is 0.625 bits per heavy atom. The molecule has 0 bridgehead atoms. The monoisotopic (exact) mass is 247 g/mol. The van der Waals surface area contributed by atoms with Gasteiger partial charge in [-0.3, -0.25) is 0 Å². The van der Waals surface area contributed by atoms with Crippen molar-refractivity contribution >= 4 is 7.81 Å². The molecule has 0 N–H and O–H groups in total. The van der Waals surface area contributed by atoms with Gasteiger partial charge in [0.2, 0.25) is 0 Å². The fourth-order valence-corrected chi connectivity index (χ4v) is 0. The summed E-state index contributed by atoms with van der Waals surface area (Å²) in [4.78, 5) is 0. The van der Waals surface area contributed by atoms with E-state index in [2.05, 4.69) is 0 Å². The Labute approximate surface area is 53.2 Å². The normalized spacial score (nSPS) is 20.2. The van der Waals surface area contributed by atoms with Crippen LogP contribution in [-0.2, 0) is 19.5 Å². The molecule has 0 aliphatic rings. The van der Waals surface area contributed by atoms with E-state index in [1.165, 1.54) is 0 Å². The van der Waals surface area contributed by atoms with Crippen LogP contribution in [0.15, 0.2) is 0 Å². The summed E-state index contributed by atoms with van der Waals surface area (Å²) in [7, 11) is -10.7. The minimum atomic E-state index is -10.7. The fraction of sp³-hybridized carbons (Fsp3) is 0. The standard InChI is InChI=1S/F6P.Ru/c1-7(2,3,4,5)6;/q-1;. The third-order valence-electron chi connectivity index (χ3n) is 0. The van der Waals surface area contributed by atoms with Crippen molar-refractivity contribution in [2.24, 2.45) is 0 Å². The van der Waals surface area contributed by atoms with Gasteiger partial charge in [0.1, 0.15) is 0 Å². The van der Waals surface area contributed by atoms with Crippen molar-refractivity contribution in [3.05, 3.63) is 0 Å². The molecule has 8 heavy (non-hydrogen) atoms. The van der Waals surface area contributed by atoms with Crippen LogP contribution in [0.2, 0.25) is 0 Å². The Morgan fingerprint density at radius 3 is 0.625 bits per heavy atom. The van der Waals surface area contributed by atoms with Crippen molar-refractivity contribution in [2.75, 3.05) is 0 Å². The van der Waals surface area contributed by atoms with Gasteiger partial charge in [-0.15, -0.1) is 0 Å². The molecule has 0 aromatic rings. The average molecular weight is 246 g/mol. The van der Waals surface area contributed by atoms with Gasteiger partial charge in [0.05, 0.1) is 0 Å². The number of halogens is 6. The summed E-state index contributed by atoms with van der Waals surface area (Å²) in [6.45, 7) is 0. The van der Waals surface area contributed by atoms with Gasteiger partial charge in [-0.05, 0) is 0 Å². The molecule has 0 aliphatic heterocycles. The molecular formula is F6PRu-. The minimum Gasteiger partial charge on any atom is 0 e. The van der Waals surface area contributed by atoms with Crippen molar-refractivity contribution < 1.29 is 44.7 Å². The summed E-state index contributed by atoms with van der Waals surface area (Å²) in [6, 6.07) is 0. The van der Waals surface area contributed by atoms with E-state index in [1.807, 2.05) is 0 Å². The smallest absolute Gasteiger partial charge is 0 e. The van der Waals surface area contributed by atoms with E-state index in [0.717, 1.165) is 0 Å². The molecule has 0 aromatic heterocycles. The summed E-state index contributed by atoms with van der Waals surface area (Å²) < 4.78 is 59.2. The van der Waals surface area contributed by atoms with Gasteiger partial charge >= 0.3 is 33.0 Å². The zero-order chi connectivity index (χ0) is 6.41. The van der Waals surface area contributed by atoms with Crippen LogP contribution in [0, 0.1) is 0 Å². The maximum atomic E-state index is 9.87. The fourth-order valence-electron chi connectivity index (χ4n) is 0. The molecule has 0 aliphatic carbocycles. The van der Waals surface area contributed by atoms with E-state index < -0.39 is 7.81 Å². The van der Waals surface area contributed by atoms with E-state index in [4.69, 9.17) is 0 Å². The van der Waals surface area contributed by atoms with Crippen molar-refractivity contribution in [1.29, 1.82) is 0 Å². The third-order valence-corrected chi connectivity index (χ3v) is 0. The molecule has 0 saturated carbocycles. The Hall–Kier alpha value is 0.633. The van der Waals surface area contributed by atoms with E-state index in [0.29, 0.717) is 0 Å². The van der Waals surface area contributed by atoms with E-state index in [-0.39, 0.29) is 19.5 Å². The molecule has 8 heteroatoms. The van der Waals surface area contributed by atoms with Crippen molar-refractivity contribution in [3.8, 4) is 0 Å². The van der Waals surface area contributed by atoms with Crippen molar-refractivity contribution in [2.45, 2.75) is 0 Å². The molecule has 0 heterocycles. The first-order valence-corrected chi connectivity index (χ1v) is 3.04. The number of hydrogen-bond donors (Lipinski definition) is 0. The Kier molecular flexibility index (Phi) is 1.96. The van der Waals surface area contributed by atoms with Crippen LogP contribution in [0.3, 0.4) is 0 Å². The van der Waals surface area contributed by atoms with E-state index in [9.17, 15) is 25.2 Å². The van der Waals surface area contributed by atoms with Gasteiger partial charge < -0.3 is 0 Å². The zero-order valence-corrected chi connectivity index (χ0v) is 5.70. The molecule has 0 amide bonds. The topological polar surface area (TPSA) is 0 Å². The van der Waals surface area contributed by atoms with Crippen molar-refractivity contribution in [1.82, 2.24) is 0 Å². The van der Waals surface area contributed by atoms with Gasteiger partial charge in [0, 0.05) is 19.5 Å². The average Bonchev–Trinajstić information content (AvgIpc) is 0.592. The van der Waals surface area contributed by atoms with E-state index in [1.54, 1.807) is 0 Å². The van der Waals surface area contributed by atoms with E-state index >= 15 is 0 Å². The molecule has 0 fully saturated rings. The Bertz CT molecular complexity index is 67.1. The quantitative estimate of drug-likeness (QED) is 0.349. The molecule has 0 atom stereocenters. The maximum absolute atomic E-state index is 10.7. The second-order valence-corrected chi connectivity index (χ2v) is 2.87. The third kappa shape index (κ3) is 525. The maximum Gasteiger partial charge on any atom is 0 e. The molecule has 0 spiro atoms. The van der Waals surface area contributed by atoms with Crippen LogP contribution in [-0.4, -0.2) is 0 Å². The first-order valence-electron chi connectivity index (χ1n) is 1.01. The van der Waals surface area contributed by atoms with Gasteiger partial charge in [-0.25, -0.2) is 0 Å². The Morgan fingerprint density at radius 2 is 0.625 bits per heavy atom. The summed E-state index contributed by atoms with van der Waals surface area (Å²) in [5, 5.41) is 0. The molecule has 56 valence electrons. The van der Waals surface area contributed by atoms with Crippen LogP contribution in [0.25, 0.3) is 0 Å². The van der Waals surface area contributed by atoms with Crippen LogP contribution >= 0.6 is 7.81 Å². The Balaban J connectivity index is 0. The summed E-state index contributed by atoms with van der Waals surface area (Å²) in [6.07, 6.45) is 0. The first-order chi connectivity index (χ1) is 2.45. The van der Waals surface area contributed by atoms with Crippen LogP contribution in [0.4, 0.5) is 25.2 Å². The van der Waals surface area contributed by atoms with Gasteiger partial charge in [-0.2, -0.15) is 0 Å². The molecule has 0 rings (SSSR count). The first kappa shape index (κ1) is 11.4.